The van der Waals surface area contributed by atoms with Crippen molar-refractivity contribution in [2.24, 2.45) is 0 Å². The topological polar surface area (TPSA) is 54.5 Å². The van der Waals surface area contributed by atoms with Crippen molar-refractivity contribution in [1.82, 2.24) is 4.90 Å². The lowest BCUT2D eigenvalue weighted by Gasteiger charge is -2.26. The summed E-state index contributed by atoms with van der Waals surface area (Å²) in [5.74, 6) is -0.162. The highest BCUT2D eigenvalue weighted by Crippen LogP contribution is 2.30. The molecule has 19 heavy (non-hydrogen) atoms. The predicted octanol–water partition coefficient (Wildman–Crippen LogP) is 2.23. The Morgan fingerprint density at radius 2 is 2.00 bits per heavy atom. The Labute approximate surface area is 117 Å². The summed E-state index contributed by atoms with van der Waals surface area (Å²) in [6.45, 7) is 4.05. The molecule has 1 aliphatic rings. The van der Waals surface area contributed by atoms with Crippen LogP contribution in [0, 0.1) is 6.92 Å². The lowest BCUT2D eigenvalue weighted by Crippen LogP contribution is -2.30. The van der Waals surface area contributed by atoms with Crippen LogP contribution in [0.3, 0.4) is 0 Å². The molecular weight excluding hydrogens is 286 g/mol. The van der Waals surface area contributed by atoms with Gasteiger partial charge in [0.25, 0.3) is 0 Å². The predicted molar refractivity (Wildman–Crippen MR) is 74.5 cm³/mol. The molecule has 2 unspecified atom stereocenters. The van der Waals surface area contributed by atoms with E-state index in [0.717, 1.165) is 11.1 Å². The molecule has 0 aliphatic carbocycles. The van der Waals surface area contributed by atoms with Crippen LogP contribution in [0.15, 0.2) is 24.3 Å². The van der Waals surface area contributed by atoms with Gasteiger partial charge in [-0.05, 0) is 25.0 Å². The average molecular weight is 302 g/mol. The molecule has 0 saturated carbocycles. The Hall–Kier alpha value is -1.07. The van der Waals surface area contributed by atoms with Gasteiger partial charge in [0.2, 0.25) is 15.0 Å². The smallest absolute Gasteiger partial charge is 0.237 e. The van der Waals surface area contributed by atoms with Crippen molar-refractivity contribution in [3.63, 3.8) is 0 Å². The highest BCUT2D eigenvalue weighted by Gasteiger charge is 2.39. The molecule has 1 aromatic rings. The Morgan fingerprint density at radius 3 is 2.53 bits per heavy atom. The molecule has 0 radical (unpaired) electrons. The molecule has 104 valence electrons. The molecule has 4 nitrogen and oxygen atoms in total. The molecule has 0 aromatic heterocycles. The Bertz CT molecular complexity index is 600. The van der Waals surface area contributed by atoms with Crippen molar-refractivity contribution >= 4 is 25.6 Å². The fourth-order valence-corrected chi connectivity index (χ4v) is 3.52. The van der Waals surface area contributed by atoms with Gasteiger partial charge in [0, 0.05) is 23.6 Å². The van der Waals surface area contributed by atoms with Crippen molar-refractivity contribution in [3.8, 4) is 0 Å². The maximum Gasteiger partial charge on any atom is 0.237 e. The number of amides is 1. The molecule has 1 amide bonds. The minimum Gasteiger partial charge on any atom is -0.335 e. The first-order chi connectivity index (χ1) is 8.80. The Morgan fingerprint density at radius 1 is 1.37 bits per heavy atom. The number of likely N-dealkylation sites (tertiary alicyclic amines) is 1. The molecular formula is C13H16ClNO3S. The van der Waals surface area contributed by atoms with Gasteiger partial charge in [-0.2, -0.15) is 0 Å². The lowest BCUT2D eigenvalue weighted by molar-refractivity contribution is -0.129. The SMILES string of the molecule is Cc1ccccc1C(C)N1CC(S(=O)(=O)Cl)CC1=O. The summed E-state index contributed by atoms with van der Waals surface area (Å²) in [5, 5.41) is -0.798. The van der Waals surface area contributed by atoms with Gasteiger partial charge in [-0.1, -0.05) is 24.3 Å². The van der Waals surface area contributed by atoms with E-state index in [0.29, 0.717) is 0 Å². The fourth-order valence-electron chi connectivity index (χ4n) is 2.48. The van der Waals surface area contributed by atoms with Gasteiger partial charge in [-0.15, -0.1) is 0 Å². The zero-order chi connectivity index (χ0) is 14.2. The molecule has 1 fully saturated rings. The van der Waals surface area contributed by atoms with E-state index in [4.69, 9.17) is 10.7 Å². The molecule has 0 N–H and O–H groups in total. The summed E-state index contributed by atoms with van der Waals surface area (Å²) in [6.07, 6.45) is -0.0257. The number of carbonyl (C=O) groups excluding carboxylic acids is 1. The number of nitrogens with zero attached hydrogens (tertiary/aromatic N) is 1. The monoisotopic (exact) mass is 301 g/mol. The quantitative estimate of drug-likeness (QED) is 0.805. The second-order valence-corrected chi connectivity index (χ2v) is 7.79. The Balaban J connectivity index is 2.24. The summed E-state index contributed by atoms with van der Waals surface area (Å²) >= 11 is 0. The first-order valence-electron chi connectivity index (χ1n) is 6.09. The van der Waals surface area contributed by atoms with Crippen LogP contribution in [0.4, 0.5) is 0 Å². The van der Waals surface area contributed by atoms with Crippen molar-refractivity contribution in [2.45, 2.75) is 31.6 Å². The third-order valence-corrected chi connectivity index (χ3v) is 5.50. The van der Waals surface area contributed by atoms with Crippen LogP contribution in [0.25, 0.3) is 0 Å². The van der Waals surface area contributed by atoms with E-state index in [1.54, 1.807) is 4.90 Å². The van der Waals surface area contributed by atoms with Gasteiger partial charge in [0.05, 0.1) is 6.04 Å². The van der Waals surface area contributed by atoms with E-state index in [2.05, 4.69) is 0 Å². The molecule has 2 atom stereocenters. The molecule has 1 heterocycles. The van der Waals surface area contributed by atoms with E-state index in [9.17, 15) is 13.2 Å². The standard InChI is InChI=1S/C13H16ClNO3S/c1-9-5-3-4-6-12(9)10(2)15-8-11(7-13(15)16)19(14,17)18/h3-6,10-11H,7-8H2,1-2H3. The van der Waals surface area contributed by atoms with Crippen LogP contribution < -0.4 is 0 Å². The summed E-state index contributed by atoms with van der Waals surface area (Å²) in [5.41, 5.74) is 2.11. The summed E-state index contributed by atoms with van der Waals surface area (Å²) < 4.78 is 22.7. The van der Waals surface area contributed by atoms with E-state index >= 15 is 0 Å². The van der Waals surface area contributed by atoms with Crippen molar-refractivity contribution < 1.29 is 13.2 Å². The first-order valence-corrected chi connectivity index (χ1v) is 8.46. The maximum absolute atomic E-state index is 12.0. The number of benzene rings is 1. The minimum atomic E-state index is -3.68. The fraction of sp³-hybridized carbons (Fsp3) is 0.462. The highest BCUT2D eigenvalue weighted by molar-refractivity contribution is 8.14. The van der Waals surface area contributed by atoms with Crippen LogP contribution in [-0.4, -0.2) is 31.0 Å². The molecule has 2 rings (SSSR count). The normalized spacial score (nSPS) is 21.7. The van der Waals surface area contributed by atoms with Crippen LogP contribution in [0.1, 0.15) is 30.5 Å². The first kappa shape index (κ1) is 14.3. The summed E-state index contributed by atoms with van der Waals surface area (Å²) in [4.78, 5) is 13.6. The highest BCUT2D eigenvalue weighted by atomic mass is 35.7. The Kier molecular flexibility index (Phi) is 3.87. The van der Waals surface area contributed by atoms with Crippen LogP contribution in [0.5, 0.6) is 0 Å². The molecule has 1 aliphatic heterocycles. The summed E-state index contributed by atoms with van der Waals surface area (Å²) in [6, 6.07) is 7.63. The summed E-state index contributed by atoms with van der Waals surface area (Å²) in [7, 11) is 1.66. The number of aryl methyl sites for hydroxylation is 1. The number of halogens is 1. The third kappa shape index (κ3) is 2.92. The molecule has 0 spiro atoms. The van der Waals surface area contributed by atoms with Crippen molar-refractivity contribution in [3.05, 3.63) is 35.4 Å². The van der Waals surface area contributed by atoms with Crippen LogP contribution >= 0.6 is 10.7 Å². The molecule has 0 bridgehead atoms. The number of rotatable bonds is 3. The zero-order valence-corrected chi connectivity index (χ0v) is 12.4. The van der Waals surface area contributed by atoms with Gasteiger partial charge in [-0.25, -0.2) is 8.42 Å². The second-order valence-electron chi connectivity index (χ2n) is 4.88. The second kappa shape index (κ2) is 5.13. The average Bonchev–Trinajstić information content (AvgIpc) is 2.71. The van der Waals surface area contributed by atoms with E-state index < -0.39 is 14.3 Å². The lowest BCUT2D eigenvalue weighted by atomic mass is 10.0. The number of carbonyl (C=O) groups is 1. The molecule has 6 heteroatoms. The van der Waals surface area contributed by atoms with E-state index in [1.165, 1.54) is 0 Å². The number of hydrogen-bond acceptors (Lipinski definition) is 3. The van der Waals surface area contributed by atoms with Crippen molar-refractivity contribution in [2.75, 3.05) is 6.54 Å². The van der Waals surface area contributed by atoms with E-state index in [1.807, 2.05) is 38.1 Å². The van der Waals surface area contributed by atoms with Gasteiger partial charge < -0.3 is 4.90 Å². The van der Waals surface area contributed by atoms with Crippen molar-refractivity contribution in [1.29, 1.82) is 0 Å². The van der Waals surface area contributed by atoms with Gasteiger partial charge in [0.15, 0.2) is 0 Å². The van der Waals surface area contributed by atoms with Gasteiger partial charge in [0.1, 0.15) is 5.25 Å². The maximum atomic E-state index is 12.0. The minimum absolute atomic E-state index is 0.0257. The largest absolute Gasteiger partial charge is 0.335 e. The molecule has 1 aromatic carbocycles. The number of hydrogen-bond donors (Lipinski definition) is 0. The molecule has 1 saturated heterocycles. The van der Waals surface area contributed by atoms with Gasteiger partial charge in [-0.3, -0.25) is 4.79 Å². The third-order valence-electron chi connectivity index (χ3n) is 3.63. The van der Waals surface area contributed by atoms with E-state index in [-0.39, 0.29) is 24.9 Å². The van der Waals surface area contributed by atoms with Crippen LogP contribution in [-0.2, 0) is 13.8 Å². The van der Waals surface area contributed by atoms with Gasteiger partial charge >= 0.3 is 0 Å². The van der Waals surface area contributed by atoms with Crippen LogP contribution in [0.2, 0.25) is 0 Å². The zero-order valence-electron chi connectivity index (χ0n) is 10.8.